The van der Waals surface area contributed by atoms with Crippen molar-refractivity contribution in [1.29, 1.82) is 0 Å². The summed E-state index contributed by atoms with van der Waals surface area (Å²) in [5.74, 6) is -1.77. The molecule has 0 bridgehead atoms. The van der Waals surface area contributed by atoms with Crippen LogP contribution in [-0.4, -0.2) is 52.8 Å². The third-order valence-electron chi connectivity index (χ3n) is 4.89. The van der Waals surface area contributed by atoms with Crippen molar-refractivity contribution in [3.8, 4) is 0 Å². The Labute approximate surface area is 188 Å². The fraction of sp³-hybridized carbons (Fsp3) is 0.652. The number of anilines is 1. The van der Waals surface area contributed by atoms with E-state index in [9.17, 15) is 18.3 Å². The van der Waals surface area contributed by atoms with E-state index in [1.165, 1.54) is 50.3 Å². The zero-order chi connectivity index (χ0) is 23.3. The number of nitrogens with zero attached hydrogens (tertiary/aromatic N) is 2. The highest BCUT2D eigenvalue weighted by Crippen LogP contribution is 2.15. The molecule has 0 aliphatic rings. The molecule has 0 heterocycles. The molecule has 176 valence electrons. The number of benzene rings is 1. The van der Waals surface area contributed by atoms with Gasteiger partial charge in [-0.15, -0.1) is 0 Å². The zero-order valence-electron chi connectivity index (χ0n) is 19.5. The summed E-state index contributed by atoms with van der Waals surface area (Å²) < 4.78 is 31.1. The van der Waals surface area contributed by atoms with Gasteiger partial charge in [-0.05, 0) is 30.5 Å². The molecule has 31 heavy (non-hydrogen) atoms. The van der Waals surface area contributed by atoms with Gasteiger partial charge < -0.3 is 14.4 Å². The highest BCUT2D eigenvalue weighted by molar-refractivity contribution is 7.91. The number of carboxylic acid groups (broad SMARTS) is 1. The topological polar surface area (TPSA) is 98.7 Å². The van der Waals surface area contributed by atoms with E-state index >= 15 is 0 Å². The highest BCUT2D eigenvalue weighted by Gasteiger charge is 2.18. The Morgan fingerprint density at radius 2 is 1.65 bits per heavy atom. The van der Waals surface area contributed by atoms with E-state index in [4.69, 9.17) is 0 Å². The first-order valence-corrected chi connectivity index (χ1v) is 12.6. The van der Waals surface area contributed by atoms with Crippen LogP contribution < -0.4 is 9.83 Å². The molecule has 0 saturated carbocycles. The first-order valence-electron chi connectivity index (χ1n) is 11.2. The standard InChI is InChI=1S/C23H39N3O4S/c1-5-6-7-8-9-10-11-12-20-13-15-22(16-14-20)25-31(29,30)24-18-21(17-23(27)28)19-26(2,3)4/h13-16,18,21,25H,5-12,17,19H2,1-4H3/b24-18+. The van der Waals surface area contributed by atoms with Crippen LogP contribution in [0.15, 0.2) is 28.7 Å². The number of carbonyl (C=O) groups is 1. The molecule has 0 radical (unpaired) electrons. The van der Waals surface area contributed by atoms with Gasteiger partial charge >= 0.3 is 10.2 Å². The van der Waals surface area contributed by atoms with Crippen LogP contribution in [-0.2, 0) is 21.4 Å². The van der Waals surface area contributed by atoms with E-state index in [1.54, 1.807) is 12.1 Å². The zero-order valence-corrected chi connectivity index (χ0v) is 20.3. The molecule has 0 amide bonds. The summed E-state index contributed by atoms with van der Waals surface area (Å²) in [6.45, 7) is 2.65. The minimum absolute atomic E-state index is 0.276. The second kappa shape index (κ2) is 13.5. The fourth-order valence-corrected chi connectivity index (χ4v) is 4.27. The number of carbonyl (C=O) groups excluding carboxylic acids is 1. The Bertz CT molecular complexity index is 784. The quantitative estimate of drug-likeness (QED) is 0.236. The van der Waals surface area contributed by atoms with Gasteiger partial charge in [-0.2, -0.15) is 12.8 Å². The fourth-order valence-electron chi connectivity index (χ4n) is 3.45. The van der Waals surface area contributed by atoms with Crippen LogP contribution in [0.2, 0.25) is 0 Å². The predicted molar refractivity (Wildman–Crippen MR) is 125 cm³/mol. The Morgan fingerprint density at radius 1 is 1.06 bits per heavy atom. The lowest BCUT2D eigenvalue weighted by molar-refractivity contribution is -0.872. The molecule has 0 aromatic heterocycles. The normalized spacial score (nSPS) is 13.4. The monoisotopic (exact) mass is 453 g/mol. The number of aliphatic carboxylic acids is 1. The lowest BCUT2D eigenvalue weighted by atomic mass is 10.0. The van der Waals surface area contributed by atoms with Crippen molar-refractivity contribution in [2.75, 3.05) is 32.4 Å². The maximum absolute atomic E-state index is 12.3. The summed E-state index contributed by atoms with van der Waals surface area (Å²) in [5, 5.41) is 11.0. The summed E-state index contributed by atoms with van der Waals surface area (Å²) in [6.07, 6.45) is 10.7. The highest BCUT2D eigenvalue weighted by atomic mass is 32.2. The van der Waals surface area contributed by atoms with E-state index in [2.05, 4.69) is 16.0 Å². The number of hydrogen-bond acceptors (Lipinski definition) is 4. The molecular formula is C23H39N3O4S. The number of hydrogen-bond donors (Lipinski definition) is 1. The van der Waals surface area contributed by atoms with Gasteiger partial charge in [0.15, 0.2) is 0 Å². The summed E-state index contributed by atoms with van der Waals surface area (Å²) in [4.78, 5) is 11.0. The van der Waals surface area contributed by atoms with Crippen LogP contribution in [0.3, 0.4) is 0 Å². The maximum atomic E-state index is 12.3. The number of quaternary nitrogens is 1. The van der Waals surface area contributed by atoms with Crippen LogP contribution in [0.25, 0.3) is 0 Å². The molecule has 0 fully saturated rings. The van der Waals surface area contributed by atoms with Crippen LogP contribution >= 0.6 is 0 Å². The maximum Gasteiger partial charge on any atom is 0.341 e. The molecule has 1 aromatic carbocycles. The SMILES string of the molecule is CCCCCCCCCc1ccc(NS(=O)(=O)/N=C/C(CC(=O)[O-])C[N+](C)(C)C)cc1. The Kier molecular flexibility index (Phi) is 11.8. The first kappa shape index (κ1) is 27.1. The van der Waals surface area contributed by atoms with Crippen LogP contribution in [0, 0.1) is 5.92 Å². The van der Waals surface area contributed by atoms with Gasteiger partial charge in [0.1, 0.15) is 0 Å². The molecule has 0 saturated heterocycles. The molecule has 1 N–H and O–H groups in total. The number of rotatable bonds is 16. The van der Waals surface area contributed by atoms with E-state index < -0.39 is 22.1 Å². The molecular weight excluding hydrogens is 414 g/mol. The van der Waals surface area contributed by atoms with E-state index in [1.807, 2.05) is 33.3 Å². The summed E-state index contributed by atoms with van der Waals surface area (Å²) in [7, 11) is 1.73. The molecule has 0 aliphatic carbocycles. The van der Waals surface area contributed by atoms with Crippen molar-refractivity contribution < 1.29 is 22.8 Å². The number of nitrogens with one attached hydrogen (secondary N) is 1. The van der Waals surface area contributed by atoms with Crippen LogP contribution in [0.4, 0.5) is 5.69 Å². The minimum Gasteiger partial charge on any atom is -0.550 e. The summed E-state index contributed by atoms with van der Waals surface area (Å²) in [5.41, 5.74) is 1.61. The Balaban J connectivity index is 2.56. The van der Waals surface area contributed by atoms with Crippen molar-refractivity contribution >= 4 is 28.1 Å². The van der Waals surface area contributed by atoms with Crippen molar-refractivity contribution in [1.82, 2.24) is 0 Å². The smallest absolute Gasteiger partial charge is 0.341 e. The predicted octanol–water partition coefficient (Wildman–Crippen LogP) is 3.17. The van der Waals surface area contributed by atoms with Crippen molar-refractivity contribution in [2.24, 2.45) is 10.3 Å². The number of carboxylic acids is 1. The first-order chi connectivity index (χ1) is 14.5. The second-order valence-corrected chi connectivity index (χ2v) is 10.6. The van der Waals surface area contributed by atoms with Gasteiger partial charge in [0.2, 0.25) is 0 Å². The third kappa shape index (κ3) is 13.9. The Morgan fingerprint density at radius 3 is 2.19 bits per heavy atom. The molecule has 8 heteroatoms. The lowest BCUT2D eigenvalue weighted by Crippen LogP contribution is -2.41. The third-order valence-corrected chi connectivity index (χ3v) is 5.78. The lowest BCUT2D eigenvalue weighted by Gasteiger charge is -2.27. The molecule has 1 rings (SSSR count). The molecule has 1 atom stereocenters. The van der Waals surface area contributed by atoms with Gasteiger partial charge in [0.05, 0.1) is 33.4 Å². The molecule has 1 aromatic rings. The summed E-state index contributed by atoms with van der Waals surface area (Å²) in [6, 6.07) is 7.31. The largest absolute Gasteiger partial charge is 0.550 e. The average molecular weight is 454 g/mol. The minimum atomic E-state index is -3.97. The van der Waals surface area contributed by atoms with Gasteiger partial charge in [-0.1, -0.05) is 57.6 Å². The number of aryl methyl sites for hydroxylation is 1. The molecule has 7 nitrogen and oxygen atoms in total. The Hall–Kier alpha value is -1.93. The van der Waals surface area contributed by atoms with Crippen molar-refractivity contribution in [3.63, 3.8) is 0 Å². The van der Waals surface area contributed by atoms with Crippen LogP contribution in [0.5, 0.6) is 0 Å². The van der Waals surface area contributed by atoms with E-state index in [0.717, 1.165) is 12.8 Å². The molecule has 0 aliphatic heterocycles. The molecule has 0 spiro atoms. The second-order valence-electron chi connectivity index (χ2n) is 9.21. The summed E-state index contributed by atoms with van der Waals surface area (Å²) >= 11 is 0. The van der Waals surface area contributed by atoms with E-state index in [-0.39, 0.29) is 6.42 Å². The van der Waals surface area contributed by atoms with Crippen molar-refractivity contribution in [3.05, 3.63) is 29.8 Å². The van der Waals surface area contributed by atoms with Crippen molar-refractivity contribution in [2.45, 2.75) is 64.7 Å². The number of unbranched alkanes of at least 4 members (excludes halogenated alkanes) is 6. The van der Waals surface area contributed by atoms with Gasteiger partial charge in [-0.3, -0.25) is 4.72 Å². The molecule has 1 unspecified atom stereocenters. The van der Waals surface area contributed by atoms with Gasteiger partial charge in [0, 0.05) is 24.5 Å². The van der Waals surface area contributed by atoms with E-state index in [0.29, 0.717) is 16.7 Å². The average Bonchev–Trinajstić information content (AvgIpc) is 2.65. The van der Waals surface area contributed by atoms with Gasteiger partial charge in [0.25, 0.3) is 0 Å². The van der Waals surface area contributed by atoms with Gasteiger partial charge in [-0.25, -0.2) is 0 Å². The van der Waals surface area contributed by atoms with Crippen LogP contribution in [0.1, 0.15) is 63.9 Å².